The molecule has 2 aromatic rings. The summed E-state index contributed by atoms with van der Waals surface area (Å²) in [6.07, 6.45) is 1.89. The first kappa shape index (κ1) is 15.3. The lowest BCUT2D eigenvalue weighted by atomic mass is 10.0. The minimum Gasteiger partial charge on any atom is -0.324 e. The van der Waals surface area contributed by atoms with Gasteiger partial charge in [0.05, 0.1) is 12.2 Å². The molecule has 20 heavy (non-hydrogen) atoms. The second kappa shape index (κ2) is 6.55. The lowest BCUT2D eigenvalue weighted by molar-refractivity contribution is 0.637. The Balaban J connectivity index is 2.38. The van der Waals surface area contributed by atoms with Crippen LogP contribution in [-0.4, -0.2) is 9.78 Å². The number of nitrogens with zero attached hydrogens (tertiary/aromatic N) is 2. The molecule has 1 aromatic heterocycles. The van der Waals surface area contributed by atoms with Crippen molar-refractivity contribution in [2.45, 2.75) is 46.2 Å². The van der Waals surface area contributed by atoms with Gasteiger partial charge in [-0.3, -0.25) is 4.68 Å². The molecule has 1 atom stereocenters. The first-order valence-corrected chi connectivity index (χ1v) is 7.94. The van der Waals surface area contributed by atoms with E-state index in [1.54, 1.807) is 0 Å². The van der Waals surface area contributed by atoms with Gasteiger partial charge >= 0.3 is 0 Å². The first-order valence-electron chi connectivity index (χ1n) is 7.15. The molecule has 108 valence electrons. The van der Waals surface area contributed by atoms with E-state index in [0.717, 1.165) is 29.6 Å². The summed E-state index contributed by atoms with van der Waals surface area (Å²) in [5.74, 6) is 0. The van der Waals surface area contributed by atoms with Crippen molar-refractivity contribution in [1.82, 2.24) is 9.78 Å². The Morgan fingerprint density at radius 3 is 2.35 bits per heavy atom. The molecule has 0 amide bonds. The van der Waals surface area contributed by atoms with Crippen LogP contribution in [0.4, 0.5) is 0 Å². The van der Waals surface area contributed by atoms with E-state index in [4.69, 9.17) is 10.8 Å². The van der Waals surface area contributed by atoms with Crippen molar-refractivity contribution >= 4 is 15.9 Å². The molecule has 0 spiro atoms. The molecule has 2 rings (SSSR count). The molecule has 3 nitrogen and oxygen atoms in total. The molecule has 0 aliphatic carbocycles. The molecule has 0 saturated carbocycles. The largest absolute Gasteiger partial charge is 0.324 e. The molecule has 1 unspecified atom stereocenters. The Morgan fingerprint density at radius 2 is 1.85 bits per heavy atom. The number of halogens is 1. The highest BCUT2D eigenvalue weighted by atomic mass is 79.9. The Morgan fingerprint density at radius 1 is 1.20 bits per heavy atom. The van der Waals surface area contributed by atoms with Crippen LogP contribution in [0.3, 0.4) is 0 Å². The maximum atomic E-state index is 6.13. The van der Waals surface area contributed by atoms with Crippen LogP contribution in [-0.2, 0) is 19.4 Å². The van der Waals surface area contributed by atoms with Gasteiger partial charge in [0.25, 0.3) is 0 Å². The fourth-order valence-electron chi connectivity index (χ4n) is 2.62. The summed E-state index contributed by atoms with van der Waals surface area (Å²) in [4.78, 5) is 0. The monoisotopic (exact) mass is 335 g/mol. The van der Waals surface area contributed by atoms with Crippen molar-refractivity contribution in [2.24, 2.45) is 5.73 Å². The molecule has 0 radical (unpaired) electrons. The summed E-state index contributed by atoms with van der Waals surface area (Å²) in [5.41, 5.74) is 11.0. The quantitative estimate of drug-likeness (QED) is 0.902. The van der Waals surface area contributed by atoms with Crippen LogP contribution >= 0.6 is 15.9 Å². The van der Waals surface area contributed by atoms with Gasteiger partial charge in [-0.05, 0) is 37.5 Å². The lowest BCUT2D eigenvalue weighted by Crippen LogP contribution is -2.11. The van der Waals surface area contributed by atoms with Gasteiger partial charge in [-0.2, -0.15) is 5.10 Å². The standard InChI is InChI=1S/C16H22BrN3/c1-4-14-16(11(3)18)15(5-2)20(19-14)10-12-6-8-13(17)9-7-12/h6-9,11H,4-5,10,18H2,1-3H3. The Bertz CT molecular complexity index is 570. The smallest absolute Gasteiger partial charge is 0.0672 e. The Kier molecular flexibility index (Phi) is 5.00. The summed E-state index contributed by atoms with van der Waals surface area (Å²) >= 11 is 3.47. The highest BCUT2D eigenvalue weighted by Crippen LogP contribution is 2.23. The van der Waals surface area contributed by atoms with Gasteiger partial charge in [0, 0.05) is 21.8 Å². The maximum absolute atomic E-state index is 6.13. The van der Waals surface area contributed by atoms with Crippen molar-refractivity contribution in [3.05, 3.63) is 51.3 Å². The molecule has 4 heteroatoms. The van der Waals surface area contributed by atoms with Crippen LogP contribution in [0.25, 0.3) is 0 Å². The van der Waals surface area contributed by atoms with Gasteiger partial charge in [0.2, 0.25) is 0 Å². The highest BCUT2D eigenvalue weighted by Gasteiger charge is 2.18. The van der Waals surface area contributed by atoms with Crippen molar-refractivity contribution < 1.29 is 0 Å². The lowest BCUT2D eigenvalue weighted by Gasteiger charge is -2.10. The number of rotatable bonds is 5. The summed E-state index contributed by atoms with van der Waals surface area (Å²) in [7, 11) is 0. The average Bonchev–Trinajstić information content (AvgIpc) is 2.79. The molecular weight excluding hydrogens is 314 g/mol. The van der Waals surface area contributed by atoms with Gasteiger partial charge in [-0.15, -0.1) is 0 Å². The predicted octanol–water partition coefficient (Wildman–Crippen LogP) is 3.84. The third-order valence-corrected chi connectivity index (χ3v) is 4.07. The third-order valence-electron chi connectivity index (χ3n) is 3.55. The molecule has 0 fully saturated rings. The zero-order chi connectivity index (χ0) is 14.7. The molecule has 1 heterocycles. The van der Waals surface area contributed by atoms with Crippen LogP contribution in [0, 0.1) is 0 Å². The number of aromatic nitrogens is 2. The van der Waals surface area contributed by atoms with E-state index >= 15 is 0 Å². The Labute approximate surface area is 129 Å². The van der Waals surface area contributed by atoms with Gasteiger partial charge in [-0.1, -0.05) is 41.9 Å². The maximum Gasteiger partial charge on any atom is 0.0672 e. The summed E-state index contributed by atoms with van der Waals surface area (Å²) in [6.45, 7) is 7.15. The predicted molar refractivity (Wildman–Crippen MR) is 86.8 cm³/mol. The Hall–Kier alpha value is -1.13. The van der Waals surface area contributed by atoms with Gasteiger partial charge < -0.3 is 5.73 Å². The molecule has 0 saturated heterocycles. The summed E-state index contributed by atoms with van der Waals surface area (Å²) in [5, 5.41) is 4.76. The first-order chi connectivity index (χ1) is 9.56. The van der Waals surface area contributed by atoms with Crippen LogP contribution in [0.15, 0.2) is 28.7 Å². The minimum atomic E-state index is 0.0403. The number of hydrogen-bond acceptors (Lipinski definition) is 2. The van der Waals surface area contributed by atoms with Crippen molar-refractivity contribution in [3.8, 4) is 0 Å². The molecule has 0 aliphatic rings. The second-order valence-corrected chi connectivity index (χ2v) is 6.00. The fourth-order valence-corrected chi connectivity index (χ4v) is 2.88. The van der Waals surface area contributed by atoms with E-state index < -0.39 is 0 Å². The van der Waals surface area contributed by atoms with E-state index in [0.29, 0.717) is 0 Å². The highest BCUT2D eigenvalue weighted by molar-refractivity contribution is 9.10. The number of hydrogen-bond donors (Lipinski definition) is 1. The molecule has 0 aliphatic heterocycles. The van der Waals surface area contributed by atoms with Crippen molar-refractivity contribution in [2.75, 3.05) is 0 Å². The van der Waals surface area contributed by atoms with E-state index in [1.165, 1.54) is 16.8 Å². The molecule has 1 aromatic carbocycles. The van der Waals surface area contributed by atoms with Crippen LogP contribution < -0.4 is 5.73 Å². The summed E-state index contributed by atoms with van der Waals surface area (Å²) in [6, 6.07) is 8.43. The molecule has 2 N–H and O–H groups in total. The SMILES string of the molecule is CCc1nn(Cc2ccc(Br)cc2)c(CC)c1C(C)N. The van der Waals surface area contributed by atoms with Gasteiger partial charge in [0.15, 0.2) is 0 Å². The number of aryl methyl sites for hydroxylation is 1. The average molecular weight is 336 g/mol. The van der Waals surface area contributed by atoms with Gasteiger partial charge in [-0.25, -0.2) is 0 Å². The zero-order valence-corrected chi connectivity index (χ0v) is 13.9. The molecular formula is C16H22BrN3. The number of benzene rings is 1. The van der Waals surface area contributed by atoms with E-state index in [-0.39, 0.29) is 6.04 Å². The third kappa shape index (κ3) is 3.13. The van der Waals surface area contributed by atoms with Crippen LogP contribution in [0.1, 0.15) is 49.3 Å². The topological polar surface area (TPSA) is 43.8 Å². The summed E-state index contributed by atoms with van der Waals surface area (Å²) < 4.78 is 3.21. The van der Waals surface area contributed by atoms with Crippen LogP contribution in [0.2, 0.25) is 0 Å². The minimum absolute atomic E-state index is 0.0403. The van der Waals surface area contributed by atoms with E-state index in [9.17, 15) is 0 Å². The van der Waals surface area contributed by atoms with Crippen molar-refractivity contribution in [1.29, 1.82) is 0 Å². The van der Waals surface area contributed by atoms with E-state index in [1.807, 2.05) is 6.92 Å². The zero-order valence-electron chi connectivity index (χ0n) is 12.4. The van der Waals surface area contributed by atoms with Gasteiger partial charge in [0.1, 0.15) is 0 Å². The fraction of sp³-hybridized carbons (Fsp3) is 0.438. The van der Waals surface area contributed by atoms with Crippen molar-refractivity contribution in [3.63, 3.8) is 0 Å². The normalized spacial score (nSPS) is 12.7. The number of nitrogens with two attached hydrogens (primary N) is 1. The van der Waals surface area contributed by atoms with Crippen LogP contribution in [0.5, 0.6) is 0 Å². The second-order valence-electron chi connectivity index (χ2n) is 5.09. The van der Waals surface area contributed by atoms with E-state index in [2.05, 4.69) is 58.7 Å². The molecule has 0 bridgehead atoms.